The Morgan fingerprint density at radius 2 is 1.00 bits per heavy atom. The zero-order valence-electron chi connectivity index (χ0n) is 7.74. The van der Waals surface area contributed by atoms with E-state index in [9.17, 15) is 43.2 Å². The van der Waals surface area contributed by atoms with Crippen molar-refractivity contribution in [2.45, 2.75) is 17.4 Å². The van der Waals surface area contributed by atoms with E-state index in [-0.39, 0.29) is 9.44 Å². The van der Waals surface area contributed by atoms with Gasteiger partial charge in [0.25, 0.3) is 0 Å². The number of aliphatic hydroxyl groups excluding tert-OH is 1. The van der Waals surface area contributed by atoms with Gasteiger partial charge in [0.05, 0.1) is 0 Å². The molecule has 0 aromatic heterocycles. The van der Waals surface area contributed by atoms with Gasteiger partial charge in [0, 0.05) is 0 Å². The van der Waals surface area contributed by atoms with Crippen LogP contribution in [-0.4, -0.2) is 39.3 Å². The first-order chi connectivity index (χ1) is 7.60. The molecule has 110 valence electrons. The molecule has 0 spiro atoms. The minimum Gasteiger partial charge on any atom is -0.364 e. The molecule has 0 saturated carbocycles. The fourth-order valence-electron chi connectivity index (χ4n) is 0.452. The molecule has 15 heteroatoms. The number of rotatable bonds is 4. The van der Waals surface area contributed by atoms with Crippen molar-refractivity contribution in [3.8, 4) is 0 Å². The lowest BCUT2D eigenvalue weighted by Crippen LogP contribution is -2.53. The minimum atomic E-state index is -6.21. The first-order valence-electron chi connectivity index (χ1n) is 3.45. The summed E-state index contributed by atoms with van der Waals surface area (Å²) in [5.41, 5.74) is -11.9. The van der Waals surface area contributed by atoms with E-state index in [0.717, 1.165) is 0 Å². The highest BCUT2D eigenvalue weighted by Gasteiger charge is 2.50. The van der Waals surface area contributed by atoms with E-state index in [1.807, 2.05) is 0 Å². The Hall–Kier alpha value is -0.640. The Morgan fingerprint density at radius 1 is 0.778 bits per heavy atom. The SMILES string of the molecule is O=S(=O)(NC(O)NS(=O)(=O)C(F)(F)F)C(F)(F)F. The van der Waals surface area contributed by atoms with Crippen LogP contribution in [0.2, 0.25) is 0 Å². The molecule has 0 bridgehead atoms. The summed E-state index contributed by atoms with van der Waals surface area (Å²) in [6.45, 7) is 0. The fraction of sp³-hybridized carbons (Fsp3) is 1.00. The number of halogens is 6. The van der Waals surface area contributed by atoms with Gasteiger partial charge in [-0.2, -0.15) is 35.8 Å². The van der Waals surface area contributed by atoms with Gasteiger partial charge >= 0.3 is 31.1 Å². The van der Waals surface area contributed by atoms with Gasteiger partial charge in [-0.15, -0.1) is 0 Å². The molecule has 0 atom stereocenters. The molecule has 0 aliphatic heterocycles. The molecule has 0 amide bonds. The first-order valence-corrected chi connectivity index (χ1v) is 6.42. The van der Waals surface area contributed by atoms with E-state index in [2.05, 4.69) is 0 Å². The molecule has 0 aliphatic rings. The fourth-order valence-corrected chi connectivity index (χ4v) is 1.50. The highest BCUT2D eigenvalue weighted by atomic mass is 32.2. The number of hydrogen-bond acceptors (Lipinski definition) is 5. The zero-order chi connectivity index (χ0) is 15.0. The van der Waals surface area contributed by atoms with Crippen molar-refractivity contribution in [2.75, 3.05) is 0 Å². The maximum absolute atomic E-state index is 11.7. The van der Waals surface area contributed by atoms with E-state index >= 15 is 0 Å². The van der Waals surface area contributed by atoms with Crippen molar-refractivity contribution in [3.05, 3.63) is 0 Å². The largest absolute Gasteiger partial charge is 0.511 e. The third-order valence-electron chi connectivity index (χ3n) is 1.14. The molecular weight excluding hydrogens is 322 g/mol. The lowest BCUT2D eigenvalue weighted by molar-refractivity contribution is -0.0489. The molecule has 0 radical (unpaired) electrons. The molecule has 0 unspecified atom stereocenters. The van der Waals surface area contributed by atoms with Crippen LogP contribution in [0.15, 0.2) is 0 Å². The average Bonchev–Trinajstić information content (AvgIpc) is 1.95. The number of hydrogen-bond donors (Lipinski definition) is 3. The predicted octanol–water partition coefficient (Wildman–Crippen LogP) is -0.859. The normalized spacial score (nSPS) is 15.1. The molecule has 0 rings (SSSR count). The summed E-state index contributed by atoms with van der Waals surface area (Å²) in [7, 11) is -12.4. The molecule has 18 heavy (non-hydrogen) atoms. The van der Waals surface area contributed by atoms with Crippen LogP contribution in [0.4, 0.5) is 26.3 Å². The van der Waals surface area contributed by atoms with Crippen LogP contribution in [-0.2, 0) is 20.0 Å². The Balaban J connectivity index is 4.92. The average molecular weight is 326 g/mol. The van der Waals surface area contributed by atoms with Crippen molar-refractivity contribution < 1.29 is 48.3 Å². The molecule has 3 N–H and O–H groups in total. The van der Waals surface area contributed by atoms with Crippen molar-refractivity contribution >= 4 is 20.0 Å². The Labute approximate surface area is 95.9 Å². The number of alkyl halides is 6. The highest BCUT2D eigenvalue weighted by Crippen LogP contribution is 2.23. The summed E-state index contributed by atoms with van der Waals surface area (Å²) in [5.74, 6) is 0. The second-order valence-electron chi connectivity index (χ2n) is 2.54. The van der Waals surface area contributed by atoms with Crippen molar-refractivity contribution in [2.24, 2.45) is 0 Å². The molecule has 0 saturated heterocycles. The van der Waals surface area contributed by atoms with Crippen molar-refractivity contribution in [1.82, 2.24) is 9.44 Å². The minimum absolute atomic E-state index is 0.237. The van der Waals surface area contributed by atoms with E-state index in [1.165, 1.54) is 0 Å². The summed E-state index contributed by atoms with van der Waals surface area (Å²) in [5, 5.41) is 8.47. The van der Waals surface area contributed by atoms with Crippen LogP contribution < -0.4 is 9.44 Å². The maximum Gasteiger partial charge on any atom is 0.511 e. The quantitative estimate of drug-likeness (QED) is 0.460. The third kappa shape index (κ3) is 4.23. The Kier molecular flexibility index (Phi) is 4.63. The standard InChI is InChI=1S/C3H4F6N2O5S2/c4-2(5,6)17(13,14)10-1(12)11-18(15,16)3(7,8)9/h1,10-12H. The number of sulfonamides is 2. The molecular formula is C3H4F6N2O5S2. The van der Waals surface area contributed by atoms with Gasteiger partial charge in [0.15, 0.2) is 6.35 Å². The van der Waals surface area contributed by atoms with Gasteiger partial charge in [-0.25, -0.2) is 16.8 Å². The topological polar surface area (TPSA) is 113 Å². The Morgan fingerprint density at radius 3 is 1.17 bits per heavy atom. The monoisotopic (exact) mass is 326 g/mol. The van der Waals surface area contributed by atoms with Gasteiger partial charge in [-0.05, 0) is 0 Å². The van der Waals surface area contributed by atoms with Crippen molar-refractivity contribution in [3.63, 3.8) is 0 Å². The summed E-state index contributed by atoms with van der Waals surface area (Å²) in [6.07, 6.45) is -3.33. The molecule has 0 fully saturated rings. The van der Waals surface area contributed by atoms with E-state index in [0.29, 0.717) is 0 Å². The van der Waals surface area contributed by atoms with E-state index in [1.54, 1.807) is 0 Å². The van der Waals surface area contributed by atoms with Crippen molar-refractivity contribution in [1.29, 1.82) is 0 Å². The zero-order valence-corrected chi connectivity index (χ0v) is 9.37. The summed E-state index contributed by atoms with van der Waals surface area (Å²) in [6, 6.07) is 0. The second-order valence-corrected chi connectivity index (χ2v) is 5.95. The highest BCUT2D eigenvalue weighted by molar-refractivity contribution is 7.91. The molecule has 0 aliphatic carbocycles. The second kappa shape index (κ2) is 4.80. The van der Waals surface area contributed by atoms with Gasteiger partial charge in [-0.1, -0.05) is 0 Å². The van der Waals surface area contributed by atoms with Gasteiger partial charge in [-0.3, -0.25) is 0 Å². The van der Waals surface area contributed by atoms with E-state index in [4.69, 9.17) is 5.11 Å². The molecule has 0 aromatic rings. The third-order valence-corrected chi connectivity index (χ3v) is 3.43. The lowest BCUT2D eigenvalue weighted by atomic mass is 11.1. The lowest BCUT2D eigenvalue weighted by Gasteiger charge is -2.16. The molecule has 7 nitrogen and oxygen atoms in total. The Bertz CT molecular complexity index is 444. The van der Waals surface area contributed by atoms with Crippen LogP contribution in [0.1, 0.15) is 0 Å². The number of aliphatic hydroxyl groups is 1. The van der Waals surface area contributed by atoms with Crippen LogP contribution in [0.25, 0.3) is 0 Å². The summed E-state index contributed by atoms with van der Waals surface area (Å²) in [4.78, 5) is 0. The van der Waals surface area contributed by atoms with Crippen LogP contribution >= 0.6 is 0 Å². The predicted molar refractivity (Wildman–Crippen MR) is 42.2 cm³/mol. The van der Waals surface area contributed by atoms with Gasteiger partial charge in [0.1, 0.15) is 0 Å². The van der Waals surface area contributed by atoms with Gasteiger partial charge < -0.3 is 5.11 Å². The molecule has 0 heterocycles. The van der Waals surface area contributed by atoms with Crippen LogP contribution in [0.5, 0.6) is 0 Å². The van der Waals surface area contributed by atoms with Crippen LogP contribution in [0, 0.1) is 0 Å². The van der Waals surface area contributed by atoms with E-state index < -0.39 is 37.4 Å². The maximum atomic E-state index is 11.7. The van der Waals surface area contributed by atoms with Gasteiger partial charge in [0.2, 0.25) is 0 Å². The molecule has 0 aromatic carbocycles. The summed E-state index contributed by atoms with van der Waals surface area (Å²) < 4.78 is 112. The first kappa shape index (κ1) is 17.4. The summed E-state index contributed by atoms with van der Waals surface area (Å²) >= 11 is 0. The smallest absolute Gasteiger partial charge is 0.364 e. The number of nitrogens with one attached hydrogen (secondary N) is 2. The van der Waals surface area contributed by atoms with Crippen LogP contribution in [0.3, 0.4) is 0 Å².